The number of amides is 4. The number of nitrogens with one attached hydrogen (secondary N) is 2. The van der Waals surface area contributed by atoms with Gasteiger partial charge in [0.05, 0.1) is 12.6 Å². The lowest BCUT2D eigenvalue weighted by Crippen LogP contribution is -2.58. The van der Waals surface area contributed by atoms with Crippen LogP contribution in [-0.4, -0.2) is 87.8 Å². The van der Waals surface area contributed by atoms with Gasteiger partial charge in [0.1, 0.15) is 18.1 Å². The quantitative estimate of drug-likeness (QED) is 0.163. The second-order valence-electron chi connectivity index (χ2n) is 6.63. The van der Waals surface area contributed by atoms with Crippen molar-refractivity contribution in [2.75, 3.05) is 18.9 Å². The van der Waals surface area contributed by atoms with Crippen LogP contribution < -0.4 is 22.1 Å². The zero-order chi connectivity index (χ0) is 22.1. The number of aliphatic hydroxyl groups excluding tert-OH is 1. The standard InChI is InChI=1S/C16H27N5O7S/c17-8(3-4-12(18)23)13(24)19-9(6-22)14(25)20-10(7-29)15(26)21-5-1-2-11(21)16(27)28/h8-11,22,29H,1-7,17H2,(H2,18,23)(H,19,24)(H,20,25)(H,27,28). The predicted molar refractivity (Wildman–Crippen MR) is 104 cm³/mol. The molecule has 4 amide bonds. The molecule has 0 bridgehead atoms. The van der Waals surface area contributed by atoms with Gasteiger partial charge in [-0.05, 0) is 19.3 Å². The molecule has 1 aliphatic rings. The van der Waals surface area contributed by atoms with E-state index >= 15 is 0 Å². The molecule has 0 saturated carbocycles. The predicted octanol–water partition coefficient (Wildman–Crippen LogP) is -3.45. The molecule has 29 heavy (non-hydrogen) atoms. The minimum atomic E-state index is -1.40. The normalized spacial score (nSPS) is 19.1. The van der Waals surface area contributed by atoms with Crippen molar-refractivity contribution < 1.29 is 34.2 Å². The lowest BCUT2D eigenvalue weighted by Gasteiger charge is -2.27. The highest BCUT2D eigenvalue weighted by molar-refractivity contribution is 7.80. The Kier molecular flexibility index (Phi) is 9.85. The number of aliphatic carboxylic acids is 1. The third-order valence-electron chi connectivity index (χ3n) is 4.47. The van der Waals surface area contributed by atoms with Gasteiger partial charge in [-0.15, -0.1) is 0 Å². The number of primary amides is 1. The van der Waals surface area contributed by atoms with E-state index < -0.39 is 60.4 Å². The molecular formula is C16H27N5O7S. The summed E-state index contributed by atoms with van der Waals surface area (Å²) in [4.78, 5) is 60.2. The zero-order valence-electron chi connectivity index (χ0n) is 15.7. The number of carbonyl (C=O) groups is 5. The SMILES string of the molecule is NC(=O)CCC(N)C(=O)NC(CO)C(=O)NC(CS)C(=O)N1CCCC1C(=O)O. The third kappa shape index (κ3) is 7.18. The van der Waals surface area contributed by atoms with E-state index in [-0.39, 0.29) is 25.1 Å². The van der Waals surface area contributed by atoms with Gasteiger partial charge in [-0.1, -0.05) is 0 Å². The van der Waals surface area contributed by atoms with Gasteiger partial charge >= 0.3 is 5.97 Å². The van der Waals surface area contributed by atoms with Crippen molar-refractivity contribution in [1.29, 1.82) is 0 Å². The van der Waals surface area contributed by atoms with Crippen LogP contribution in [0.25, 0.3) is 0 Å². The summed E-state index contributed by atoms with van der Waals surface area (Å²) in [5, 5.41) is 23.2. The summed E-state index contributed by atoms with van der Waals surface area (Å²) >= 11 is 4.03. The molecule has 8 N–H and O–H groups in total. The van der Waals surface area contributed by atoms with E-state index in [4.69, 9.17) is 11.5 Å². The molecule has 1 rings (SSSR count). The van der Waals surface area contributed by atoms with Gasteiger partial charge in [0, 0.05) is 18.7 Å². The lowest BCUT2D eigenvalue weighted by molar-refractivity contribution is -0.149. The monoisotopic (exact) mass is 433 g/mol. The van der Waals surface area contributed by atoms with E-state index in [0.717, 1.165) is 4.90 Å². The second kappa shape index (κ2) is 11.6. The Morgan fingerprint density at radius 3 is 2.28 bits per heavy atom. The smallest absolute Gasteiger partial charge is 0.326 e. The van der Waals surface area contributed by atoms with Crippen LogP contribution in [0, 0.1) is 0 Å². The summed E-state index contributed by atoms with van der Waals surface area (Å²) in [5.41, 5.74) is 10.6. The average molecular weight is 433 g/mol. The van der Waals surface area contributed by atoms with Crippen molar-refractivity contribution >= 4 is 42.2 Å². The summed E-state index contributed by atoms with van der Waals surface area (Å²) < 4.78 is 0. The molecule has 0 aliphatic carbocycles. The largest absolute Gasteiger partial charge is 0.480 e. The Bertz CT molecular complexity index is 647. The maximum atomic E-state index is 12.6. The van der Waals surface area contributed by atoms with Crippen LogP contribution >= 0.6 is 12.6 Å². The third-order valence-corrected chi connectivity index (χ3v) is 4.84. The number of hydrogen-bond acceptors (Lipinski definition) is 8. The van der Waals surface area contributed by atoms with Gasteiger partial charge in [-0.3, -0.25) is 19.2 Å². The molecule has 1 fully saturated rings. The van der Waals surface area contributed by atoms with Crippen molar-refractivity contribution in [2.24, 2.45) is 11.5 Å². The summed E-state index contributed by atoms with van der Waals surface area (Å²) in [7, 11) is 0. The maximum absolute atomic E-state index is 12.6. The number of likely N-dealkylation sites (tertiary alicyclic amines) is 1. The van der Waals surface area contributed by atoms with E-state index in [1.807, 2.05) is 0 Å². The van der Waals surface area contributed by atoms with Crippen LogP contribution in [0.3, 0.4) is 0 Å². The molecule has 1 saturated heterocycles. The van der Waals surface area contributed by atoms with Crippen molar-refractivity contribution in [3.8, 4) is 0 Å². The van der Waals surface area contributed by atoms with Crippen LogP contribution in [0.5, 0.6) is 0 Å². The van der Waals surface area contributed by atoms with Gasteiger partial charge < -0.3 is 37.2 Å². The number of thiol groups is 1. The van der Waals surface area contributed by atoms with Crippen LogP contribution in [0.15, 0.2) is 0 Å². The van der Waals surface area contributed by atoms with E-state index in [0.29, 0.717) is 12.8 Å². The highest BCUT2D eigenvalue weighted by Gasteiger charge is 2.37. The van der Waals surface area contributed by atoms with Crippen LogP contribution in [0.1, 0.15) is 25.7 Å². The molecule has 0 aromatic rings. The molecular weight excluding hydrogens is 406 g/mol. The highest BCUT2D eigenvalue weighted by Crippen LogP contribution is 2.18. The Morgan fingerprint density at radius 2 is 1.76 bits per heavy atom. The van der Waals surface area contributed by atoms with Crippen molar-refractivity contribution in [2.45, 2.75) is 49.9 Å². The number of carbonyl (C=O) groups excluding carboxylic acids is 4. The number of rotatable bonds is 11. The summed E-state index contributed by atoms with van der Waals surface area (Å²) in [5.74, 6) is -4.13. The molecule has 0 spiro atoms. The van der Waals surface area contributed by atoms with Crippen molar-refractivity contribution in [3.63, 3.8) is 0 Å². The molecule has 13 heteroatoms. The molecule has 0 aromatic carbocycles. The molecule has 1 heterocycles. The van der Waals surface area contributed by atoms with Crippen molar-refractivity contribution in [3.05, 3.63) is 0 Å². The Hall–Kier alpha value is -2.38. The topological polar surface area (TPSA) is 205 Å². The minimum absolute atomic E-state index is 0.0375. The van der Waals surface area contributed by atoms with Gasteiger partial charge in [0.25, 0.3) is 0 Å². The highest BCUT2D eigenvalue weighted by atomic mass is 32.1. The summed E-state index contributed by atoms with van der Waals surface area (Å²) in [6.07, 6.45) is 0.673. The molecule has 12 nitrogen and oxygen atoms in total. The van der Waals surface area contributed by atoms with Gasteiger partial charge in [0.15, 0.2) is 0 Å². The first-order valence-corrected chi connectivity index (χ1v) is 9.65. The van der Waals surface area contributed by atoms with E-state index in [9.17, 15) is 34.2 Å². The van der Waals surface area contributed by atoms with Gasteiger partial charge in [-0.25, -0.2) is 4.79 Å². The maximum Gasteiger partial charge on any atom is 0.326 e. The number of hydrogen-bond donors (Lipinski definition) is 7. The molecule has 0 radical (unpaired) electrons. The van der Waals surface area contributed by atoms with Crippen molar-refractivity contribution in [1.82, 2.24) is 15.5 Å². The Balaban J connectivity index is 2.71. The first-order valence-electron chi connectivity index (χ1n) is 9.02. The first kappa shape index (κ1) is 24.7. The molecule has 164 valence electrons. The van der Waals surface area contributed by atoms with Crippen LogP contribution in [0.4, 0.5) is 0 Å². The number of aliphatic hydroxyl groups is 1. The minimum Gasteiger partial charge on any atom is -0.480 e. The van der Waals surface area contributed by atoms with Crippen LogP contribution in [0.2, 0.25) is 0 Å². The number of nitrogens with two attached hydrogens (primary N) is 2. The average Bonchev–Trinajstić information content (AvgIpc) is 3.17. The number of carboxylic acid groups (broad SMARTS) is 1. The lowest BCUT2D eigenvalue weighted by atomic mass is 10.1. The van der Waals surface area contributed by atoms with E-state index in [1.165, 1.54) is 0 Å². The van der Waals surface area contributed by atoms with Gasteiger partial charge in [0.2, 0.25) is 23.6 Å². The number of nitrogens with zero attached hydrogens (tertiary/aromatic N) is 1. The van der Waals surface area contributed by atoms with Crippen LogP contribution in [-0.2, 0) is 24.0 Å². The molecule has 0 aromatic heterocycles. The van der Waals surface area contributed by atoms with Gasteiger partial charge in [-0.2, -0.15) is 12.6 Å². The fraction of sp³-hybridized carbons (Fsp3) is 0.688. The Labute approximate surface area is 172 Å². The first-order chi connectivity index (χ1) is 13.6. The zero-order valence-corrected chi connectivity index (χ0v) is 16.6. The summed E-state index contributed by atoms with van der Waals surface area (Å²) in [6.45, 7) is -0.528. The fourth-order valence-corrected chi connectivity index (χ4v) is 3.09. The second-order valence-corrected chi connectivity index (χ2v) is 6.99. The fourth-order valence-electron chi connectivity index (χ4n) is 2.85. The Morgan fingerprint density at radius 1 is 1.14 bits per heavy atom. The van der Waals surface area contributed by atoms with E-state index in [1.54, 1.807) is 0 Å². The molecule has 4 atom stereocenters. The molecule has 4 unspecified atom stereocenters. The van der Waals surface area contributed by atoms with E-state index in [2.05, 4.69) is 23.3 Å². The summed E-state index contributed by atoms with van der Waals surface area (Å²) in [6, 6.07) is -4.63. The number of carboxylic acids is 1. The molecule has 1 aliphatic heterocycles.